The van der Waals surface area contributed by atoms with E-state index in [2.05, 4.69) is 19.9 Å². The lowest BCUT2D eigenvalue weighted by Gasteiger charge is -2.33. The van der Waals surface area contributed by atoms with Gasteiger partial charge in [-0.1, -0.05) is 0 Å². The van der Waals surface area contributed by atoms with Gasteiger partial charge in [0.25, 0.3) is 5.88 Å². The van der Waals surface area contributed by atoms with Gasteiger partial charge in [-0.05, 0) is 12.8 Å². The molecule has 23 heavy (non-hydrogen) atoms. The summed E-state index contributed by atoms with van der Waals surface area (Å²) in [5, 5.41) is 0. The van der Waals surface area contributed by atoms with Crippen molar-refractivity contribution in [3.05, 3.63) is 30.6 Å². The summed E-state index contributed by atoms with van der Waals surface area (Å²) in [4.78, 5) is 26.4. The van der Waals surface area contributed by atoms with Crippen LogP contribution in [0.4, 0.5) is 5.82 Å². The van der Waals surface area contributed by atoms with E-state index in [1.807, 2.05) is 4.57 Å². The van der Waals surface area contributed by atoms with Gasteiger partial charge in [0.1, 0.15) is 12.4 Å². The van der Waals surface area contributed by atoms with Crippen LogP contribution >= 0.6 is 0 Å². The molecule has 8 nitrogen and oxygen atoms in total. The van der Waals surface area contributed by atoms with Crippen LogP contribution in [0.2, 0.25) is 0 Å². The number of piperidine rings is 1. The summed E-state index contributed by atoms with van der Waals surface area (Å²) in [6.45, 7) is 1.80. The molecule has 2 aromatic rings. The number of ether oxygens (including phenoxy) is 1. The molecular formula is C15H20N6O2. The molecule has 0 bridgehead atoms. The molecule has 8 heteroatoms. The van der Waals surface area contributed by atoms with Crippen LogP contribution in [-0.2, 0) is 11.3 Å². The Bertz CT molecular complexity index is 686. The van der Waals surface area contributed by atoms with Crippen molar-refractivity contribution in [1.82, 2.24) is 19.5 Å². The summed E-state index contributed by atoms with van der Waals surface area (Å²) in [6, 6.07) is 0. The number of nitrogens with zero attached hydrogens (tertiary/aromatic N) is 5. The zero-order chi connectivity index (χ0) is 16.2. The minimum absolute atomic E-state index is 0.153. The smallest absolute Gasteiger partial charge is 0.257 e. The lowest BCUT2D eigenvalue weighted by Crippen LogP contribution is -2.36. The summed E-state index contributed by atoms with van der Waals surface area (Å²) >= 11 is 0. The van der Waals surface area contributed by atoms with Gasteiger partial charge in [0.15, 0.2) is 5.82 Å². The first kappa shape index (κ1) is 15.3. The van der Waals surface area contributed by atoms with Crippen LogP contribution in [0.5, 0.6) is 5.88 Å². The highest BCUT2D eigenvalue weighted by molar-refractivity contribution is 5.73. The molecule has 1 saturated heterocycles. The number of nitrogens with two attached hydrogens (primary N) is 1. The normalized spacial score (nSPS) is 18.0. The average Bonchev–Trinajstić information content (AvgIpc) is 3.02. The van der Waals surface area contributed by atoms with E-state index < -0.39 is 0 Å². The molecular weight excluding hydrogens is 296 g/mol. The van der Waals surface area contributed by atoms with Crippen molar-refractivity contribution >= 4 is 11.7 Å². The topological polar surface area (TPSA) is 99.2 Å². The highest BCUT2D eigenvalue weighted by Crippen LogP contribution is 2.31. The zero-order valence-corrected chi connectivity index (χ0v) is 13.1. The van der Waals surface area contributed by atoms with Crippen molar-refractivity contribution in [2.75, 3.05) is 25.1 Å². The molecule has 1 atom stereocenters. The number of carbonyl (C=O) groups is 1. The van der Waals surface area contributed by atoms with Gasteiger partial charge in [-0.2, -0.15) is 0 Å². The van der Waals surface area contributed by atoms with Crippen molar-refractivity contribution in [3.8, 4) is 5.88 Å². The highest BCUT2D eigenvalue weighted by atomic mass is 16.5. The SMILES string of the molecule is COc1nccnc1N1CCC[C@H](c2nccn2CC(N)=O)C1. The number of carbonyl (C=O) groups excluding carboxylic acids is 1. The summed E-state index contributed by atoms with van der Waals surface area (Å²) in [5.74, 6) is 2.00. The molecule has 0 spiro atoms. The first-order chi connectivity index (χ1) is 11.2. The lowest BCUT2D eigenvalue weighted by molar-refractivity contribution is -0.118. The maximum atomic E-state index is 11.2. The molecule has 2 N–H and O–H groups in total. The minimum atomic E-state index is -0.368. The Hall–Kier alpha value is -2.64. The second kappa shape index (κ2) is 6.64. The van der Waals surface area contributed by atoms with E-state index in [9.17, 15) is 4.79 Å². The van der Waals surface area contributed by atoms with Gasteiger partial charge in [-0.15, -0.1) is 0 Å². The molecule has 3 heterocycles. The molecule has 1 amide bonds. The summed E-state index contributed by atoms with van der Waals surface area (Å²) in [7, 11) is 1.59. The molecule has 0 radical (unpaired) electrons. The molecule has 0 aromatic carbocycles. The Morgan fingerprint density at radius 1 is 1.35 bits per heavy atom. The zero-order valence-electron chi connectivity index (χ0n) is 13.1. The van der Waals surface area contributed by atoms with Crippen LogP contribution in [0.1, 0.15) is 24.6 Å². The van der Waals surface area contributed by atoms with Crippen molar-refractivity contribution in [2.24, 2.45) is 5.73 Å². The first-order valence-electron chi connectivity index (χ1n) is 7.58. The monoisotopic (exact) mass is 316 g/mol. The average molecular weight is 316 g/mol. The van der Waals surface area contributed by atoms with Gasteiger partial charge in [0.2, 0.25) is 5.91 Å². The summed E-state index contributed by atoms with van der Waals surface area (Å²) < 4.78 is 7.13. The fraction of sp³-hybridized carbons (Fsp3) is 0.467. The van der Waals surface area contributed by atoms with Crippen molar-refractivity contribution in [2.45, 2.75) is 25.3 Å². The van der Waals surface area contributed by atoms with Gasteiger partial charge in [-0.3, -0.25) is 4.79 Å². The number of methoxy groups -OCH3 is 1. The van der Waals surface area contributed by atoms with E-state index in [0.717, 1.165) is 37.6 Å². The number of anilines is 1. The van der Waals surface area contributed by atoms with E-state index in [-0.39, 0.29) is 18.4 Å². The largest absolute Gasteiger partial charge is 0.478 e. The molecule has 122 valence electrons. The van der Waals surface area contributed by atoms with E-state index in [0.29, 0.717) is 5.88 Å². The third-order valence-electron chi connectivity index (χ3n) is 4.00. The molecule has 1 aliphatic heterocycles. The lowest BCUT2D eigenvalue weighted by atomic mass is 9.97. The fourth-order valence-electron chi connectivity index (χ4n) is 3.04. The van der Waals surface area contributed by atoms with Crippen molar-refractivity contribution in [3.63, 3.8) is 0 Å². The molecule has 1 aliphatic rings. The molecule has 0 saturated carbocycles. The van der Waals surface area contributed by atoms with Crippen LogP contribution in [0.3, 0.4) is 0 Å². The number of primary amides is 1. The van der Waals surface area contributed by atoms with Crippen LogP contribution in [0, 0.1) is 0 Å². The van der Waals surface area contributed by atoms with Gasteiger partial charge in [0, 0.05) is 43.8 Å². The second-order valence-corrected chi connectivity index (χ2v) is 5.55. The summed E-state index contributed by atoms with van der Waals surface area (Å²) in [5.41, 5.74) is 5.31. The van der Waals surface area contributed by atoms with Crippen molar-refractivity contribution in [1.29, 1.82) is 0 Å². The third kappa shape index (κ3) is 3.25. The quantitative estimate of drug-likeness (QED) is 0.865. The summed E-state index contributed by atoms with van der Waals surface area (Å²) in [6.07, 6.45) is 8.80. The Balaban J connectivity index is 1.81. The number of amides is 1. The van der Waals surface area contributed by atoms with Gasteiger partial charge >= 0.3 is 0 Å². The van der Waals surface area contributed by atoms with E-state index >= 15 is 0 Å². The maximum Gasteiger partial charge on any atom is 0.257 e. The number of hydrogen-bond acceptors (Lipinski definition) is 6. The predicted molar refractivity (Wildman–Crippen MR) is 84.2 cm³/mol. The fourth-order valence-corrected chi connectivity index (χ4v) is 3.04. The predicted octanol–water partition coefficient (Wildman–Crippen LogP) is 0.551. The van der Waals surface area contributed by atoms with E-state index in [1.165, 1.54) is 0 Å². The molecule has 2 aromatic heterocycles. The molecule has 0 aliphatic carbocycles. The number of rotatable bonds is 5. The van der Waals surface area contributed by atoms with Crippen molar-refractivity contribution < 1.29 is 9.53 Å². The van der Waals surface area contributed by atoms with Gasteiger partial charge < -0.3 is 19.9 Å². The van der Waals surface area contributed by atoms with Crippen LogP contribution in [0.25, 0.3) is 0 Å². The Kier molecular flexibility index (Phi) is 4.40. The van der Waals surface area contributed by atoms with Gasteiger partial charge in [-0.25, -0.2) is 15.0 Å². The number of aromatic nitrogens is 4. The van der Waals surface area contributed by atoms with Crippen LogP contribution < -0.4 is 15.4 Å². The van der Waals surface area contributed by atoms with Crippen LogP contribution in [0.15, 0.2) is 24.8 Å². The number of imidazole rings is 1. The Morgan fingerprint density at radius 2 is 2.17 bits per heavy atom. The standard InChI is InChI=1S/C15H20N6O2/c1-23-15-14(17-4-5-19-15)20-7-2-3-11(9-20)13-18-6-8-21(13)10-12(16)22/h4-6,8,11H,2-3,7,9-10H2,1H3,(H2,16,22)/t11-/m0/s1. The first-order valence-corrected chi connectivity index (χ1v) is 7.58. The molecule has 1 fully saturated rings. The van der Waals surface area contributed by atoms with Crippen LogP contribution in [-0.4, -0.2) is 45.6 Å². The third-order valence-corrected chi connectivity index (χ3v) is 4.00. The van der Waals surface area contributed by atoms with Gasteiger partial charge in [0.05, 0.1) is 7.11 Å². The number of hydrogen-bond donors (Lipinski definition) is 1. The molecule has 3 rings (SSSR count). The Labute approximate surface area is 134 Å². The highest BCUT2D eigenvalue weighted by Gasteiger charge is 2.27. The second-order valence-electron chi connectivity index (χ2n) is 5.55. The van der Waals surface area contributed by atoms with E-state index in [1.54, 1.807) is 31.9 Å². The van der Waals surface area contributed by atoms with E-state index in [4.69, 9.17) is 10.5 Å². The minimum Gasteiger partial charge on any atom is -0.478 e. The Morgan fingerprint density at radius 3 is 2.96 bits per heavy atom. The maximum absolute atomic E-state index is 11.2. The molecule has 0 unspecified atom stereocenters.